The molecule has 0 saturated carbocycles. The van der Waals surface area contributed by atoms with Crippen LogP contribution in [0.25, 0.3) is 0 Å². The van der Waals surface area contributed by atoms with E-state index in [0.717, 1.165) is 34.4 Å². The summed E-state index contributed by atoms with van der Waals surface area (Å²) in [6.07, 6.45) is 4.93. The van der Waals surface area contributed by atoms with Gasteiger partial charge in [-0.25, -0.2) is 0 Å². The number of aryl methyl sites for hydroxylation is 1. The minimum atomic E-state index is 0.577. The predicted octanol–water partition coefficient (Wildman–Crippen LogP) is 4.61. The van der Waals surface area contributed by atoms with Gasteiger partial charge in [0.2, 0.25) is 0 Å². The first-order valence-electron chi connectivity index (χ1n) is 6.95. The van der Waals surface area contributed by atoms with Crippen LogP contribution in [0.3, 0.4) is 0 Å². The number of anilines is 1. The van der Waals surface area contributed by atoms with Crippen LogP contribution >= 0.6 is 23.8 Å². The van der Waals surface area contributed by atoms with Crippen LogP contribution in [0.2, 0.25) is 5.02 Å². The lowest BCUT2D eigenvalue weighted by molar-refractivity contribution is 0.239. The number of rotatable bonds is 2. The quantitative estimate of drug-likeness (QED) is 0.802. The molecule has 0 aromatic heterocycles. The van der Waals surface area contributed by atoms with Crippen LogP contribution < -0.4 is 5.32 Å². The van der Waals surface area contributed by atoms with Gasteiger partial charge in [-0.1, -0.05) is 24.6 Å². The third-order valence-corrected chi connectivity index (χ3v) is 4.37. The first-order valence-corrected chi connectivity index (χ1v) is 7.74. The van der Waals surface area contributed by atoms with Gasteiger partial charge in [0.05, 0.1) is 0 Å². The topological polar surface area (TPSA) is 15.3 Å². The average Bonchev–Trinajstić information content (AvgIpc) is 2.42. The summed E-state index contributed by atoms with van der Waals surface area (Å²) in [4.78, 5) is 2.33. The zero-order valence-corrected chi connectivity index (χ0v) is 13.2. The van der Waals surface area contributed by atoms with Gasteiger partial charge in [-0.15, -0.1) is 0 Å². The van der Waals surface area contributed by atoms with Gasteiger partial charge in [-0.3, -0.25) is 0 Å². The Hall–Kier alpha value is -0.800. The number of nitrogens with zero attached hydrogens (tertiary/aromatic N) is 1. The lowest BCUT2D eigenvalue weighted by Crippen LogP contribution is -2.45. The number of nitrogens with one attached hydrogen (secondary N) is 1. The Balaban J connectivity index is 2.09. The fourth-order valence-electron chi connectivity index (χ4n) is 2.61. The number of hydrogen-bond donors (Lipinski definition) is 1. The molecule has 2 nitrogen and oxygen atoms in total. The van der Waals surface area contributed by atoms with E-state index in [-0.39, 0.29) is 0 Å². The highest BCUT2D eigenvalue weighted by atomic mass is 35.5. The van der Waals surface area contributed by atoms with Crippen molar-refractivity contribution in [2.75, 3.05) is 11.9 Å². The van der Waals surface area contributed by atoms with Crippen molar-refractivity contribution in [3.05, 3.63) is 28.8 Å². The molecule has 0 spiro atoms. The fourth-order valence-corrected chi connectivity index (χ4v) is 3.13. The van der Waals surface area contributed by atoms with Gasteiger partial charge in [0.1, 0.15) is 0 Å². The Morgan fingerprint density at radius 2 is 2.26 bits per heavy atom. The van der Waals surface area contributed by atoms with Gasteiger partial charge in [0.15, 0.2) is 5.11 Å². The van der Waals surface area contributed by atoms with Crippen molar-refractivity contribution in [1.82, 2.24) is 4.90 Å². The van der Waals surface area contributed by atoms with Crippen molar-refractivity contribution in [3.63, 3.8) is 0 Å². The number of thiocarbonyl (C=S) groups is 1. The molecule has 1 fully saturated rings. The Labute approximate surface area is 126 Å². The first kappa shape index (κ1) is 14.6. The minimum absolute atomic E-state index is 0.577. The highest BCUT2D eigenvalue weighted by Crippen LogP contribution is 2.24. The van der Waals surface area contributed by atoms with E-state index in [1.165, 1.54) is 19.3 Å². The SMILES string of the molecule is CC[C@H]1CCCCN1C(=S)Nc1cc(Cl)ccc1C. The van der Waals surface area contributed by atoms with Gasteiger partial charge in [0.25, 0.3) is 0 Å². The molecular weight excluding hydrogens is 276 g/mol. The second-order valence-corrected chi connectivity index (χ2v) is 5.96. The first-order chi connectivity index (χ1) is 9.11. The van der Waals surface area contributed by atoms with Crippen molar-refractivity contribution in [1.29, 1.82) is 0 Å². The minimum Gasteiger partial charge on any atom is -0.346 e. The van der Waals surface area contributed by atoms with Crippen molar-refractivity contribution in [3.8, 4) is 0 Å². The molecule has 1 aliphatic heterocycles. The number of hydrogen-bond acceptors (Lipinski definition) is 1. The van der Waals surface area contributed by atoms with E-state index in [1.54, 1.807) is 0 Å². The lowest BCUT2D eigenvalue weighted by atomic mass is 10.0. The van der Waals surface area contributed by atoms with Gasteiger partial charge in [-0.2, -0.15) is 0 Å². The number of benzene rings is 1. The average molecular weight is 297 g/mol. The zero-order valence-electron chi connectivity index (χ0n) is 11.6. The molecule has 1 aliphatic rings. The maximum Gasteiger partial charge on any atom is 0.173 e. The van der Waals surface area contributed by atoms with Crippen LogP contribution in [-0.4, -0.2) is 22.6 Å². The predicted molar refractivity (Wildman–Crippen MR) is 87.0 cm³/mol. The van der Waals surface area contributed by atoms with Crippen LogP contribution in [0.1, 0.15) is 38.2 Å². The summed E-state index contributed by atoms with van der Waals surface area (Å²) in [6, 6.07) is 6.43. The van der Waals surface area contributed by atoms with E-state index >= 15 is 0 Å². The molecule has 0 unspecified atom stereocenters. The van der Waals surface area contributed by atoms with Gasteiger partial charge >= 0.3 is 0 Å². The molecule has 1 heterocycles. The molecule has 1 saturated heterocycles. The molecule has 1 aromatic rings. The molecule has 2 rings (SSSR count). The third-order valence-electron chi connectivity index (χ3n) is 3.80. The molecule has 0 radical (unpaired) electrons. The summed E-state index contributed by atoms with van der Waals surface area (Å²) in [5.41, 5.74) is 2.18. The molecule has 104 valence electrons. The van der Waals surface area contributed by atoms with Crippen LogP contribution in [0.15, 0.2) is 18.2 Å². The van der Waals surface area contributed by atoms with E-state index in [1.807, 2.05) is 18.2 Å². The van der Waals surface area contributed by atoms with Gasteiger partial charge in [-0.05, 0) is 62.5 Å². The largest absolute Gasteiger partial charge is 0.346 e. The highest BCUT2D eigenvalue weighted by molar-refractivity contribution is 7.80. The Bertz CT molecular complexity index is 461. The Kier molecular flexibility index (Phi) is 5.06. The molecule has 0 bridgehead atoms. The molecule has 4 heteroatoms. The van der Waals surface area contributed by atoms with Crippen molar-refractivity contribution < 1.29 is 0 Å². The molecule has 1 N–H and O–H groups in total. The molecule has 0 amide bonds. The van der Waals surface area contributed by atoms with Gasteiger partial charge < -0.3 is 10.2 Å². The monoisotopic (exact) mass is 296 g/mol. The summed E-state index contributed by atoms with van der Waals surface area (Å²) in [7, 11) is 0. The van der Waals surface area contributed by atoms with E-state index in [0.29, 0.717) is 6.04 Å². The third kappa shape index (κ3) is 3.61. The van der Waals surface area contributed by atoms with Gasteiger partial charge in [0, 0.05) is 23.3 Å². The molecule has 1 atom stereocenters. The molecule has 19 heavy (non-hydrogen) atoms. The van der Waals surface area contributed by atoms with E-state index in [4.69, 9.17) is 23.8 Å². The summed E-state index contributed by atoms with van der Waals surface area (Å²) in [5, 5.41) is 4.93. The Morgan fingerprint density at radius 3 is 3.00 bits per heavy atom. The molecular formula is C15H21ClN2S. The number of piperidine rings is 1. The van der Waals surface area contributed by atoms with E-state index in [9.17, 15) is 0 Å². The van der Waals surface area contributed by atoms with Crippen molar-refractivity contribution >= 4 is 34.6 Å². The zero-order chi connectivity index (χ0) is 13.8. The van der Waals surface area contributed by atoms with Crippen molar-refractivity contribution in [2.24, 2.45) is 0 Å². The second-order valence-electron chi connectivity index (χ2n) is 5.14. The summed E-state index contributed by atoms with van der Waals surface area (Å²) >= 11 is 11.6. The maximum absolute atomic E-state index is 6.05. The summed E-state index contributed by atoms with van der Waals surface area (Å²) in [6.45, 7) is 5.36. The number of likely N-dealkylation sites (tertiary alicyclic amines) is 1. The van der Waals surface area contributed by atoms with Crippen LogP contribution in [-0.2, 0) is 0 Å². The Morgan fingerprint density at radius 1 is 1.47 bits per heavy atom. The standard InChI is InChI=1S/C15H21ClN2S/c1-3-13-6-4-5-9-18(13)15(19)17-14-10-12(16)8-7-11(14)2/h7-8,10,13H,3-6,9H2,1-2H3,(H,17,19)/t13-/m0/s1. The lowest BCUT2D eigenvalue weighted by Gasteiger charge is -2.37. The second kappa shape index (κ2) is 6.58. The summed E-state index contributed by atoms with van der Waals surface area (Å²) < 4.78 is 0. The van der Waals surface area contributed by atoms with Crippen LogP contribution in [0.4, 0.5) is 5.69 Å². The normalized spacial score (nSPS) is 19.3. The maximum atomic E-state index is 6.05. The fraction of sp³-hybridized carbons (Fsp3) is 0.533. The van der Waals surface area contributed by atoms with Crippen molar-refractivity contribution in [2.45, 2.75) is 45.6 Å². The number of halogens is 1. The smallest absolute Gasteiger partial charge is 0.173 e. The summed E-state index contributed by atoms with van der Waals surface area (Å²) in [5.74, 6) is 0. The molecule has 1 aromatic carbocycles. The molecule has 0 aliphatic carbocycles. The van der Waals surface area contributed by atoms with Crippen LogP contribution in [0.5, 0.6) is 0 Å². The van der Waals surface area contributed by atoms with E-state index in [2.05, 4.69) is 24.1 Å². The van der Waals surface area contributed by atoms with Crippen LogP contribution in [0, 0.1) is 6.92 Å². The highest BCUT2D eigenvalue weighted by Gasteiger charge is 2.23. The van der Waals surface area contributed by atoms with E-state index < -0.39 is 0 Å².